The van der Waals surface area contributed by atoms with Crippen LogP contribution >= 0.6 is 15.9 Å². The molecular weight excluding hydrogens is 310 g/mol. The zero-order valence-electron chi connectivity index (χ0n) is 11.4. The molecule has 1 heterocycles. The number of nitrogens with zero attached hydrogens (tertiary/aromatic N) is 1. The lowest BCUT2D eigenvalue weighted by atomic mass is 10.1. The summed E-state index contributed by atoms with van der Waals surface area (Å²) in [6.07, 6.45) is 3.65. The van der Waals surface area contributed by atoms with Gasteiger partial charge in [0.15, 0.2) is 0 Å². The van der Waals surface area contributed by atoms with Crippen molar-refractivity contribution in [2.75, 3.05) is 6.54 Å². The Morgan fingerprint density at radius 1 is 1.58 bits per heavy atom. The van der Waals surface area contributed by atoms with Crippen molar-refractivity contribution in [1.82, 2.24) is 10.3 Å². The first kappa shape index (κ1) is 15.9. The Morgan fingerprint density at radius 3 is 2.84 bits per heavy atom. The maximum atomic E-state index is 11.5. The molecule has 1 aromatic heterocycles. The van der Waals surface area contributed by atoms with E-state index in [2.05, 4.69) is 26.2 Å². The van der Waals surface area contributed by atoms with Crippen molar-refractivity contribution in [2.45, 2.75) is 38.8 Å². The largest absolute Gasteiger partial charge is 0.444 e. The number of nitrogens with one attached hydrogen (secondary N) is 1. The van der Waals surface area contributed by atoms with Crippen molar-refractivity contribution in [3.8, 4) is 0 Å². The van der Waals surface area contributed by atoms with E-state index in [1.54, 1.807) is 12.4 Å². The summed E-state index contributed by atoms with van der Waals surface area (Å²) in [6, 6.07) is 1.73. The molecule has 1 rings (SSSR count). The van der Waals surface area contributed by atoms with Crippen LogP contribution in [0.1, 0.15) is 26.3 Å². The second-order valence-corrected chi connectivity index (χ2v) is 6.17. The second-order valence-electron chi connectivity index (χ2n) is 5.31. The third-order valence-corrected chi connectivity index (χ3v) is 2.96. The number of hydrogen-bond acceptors (Lipinski definition) is 4. The molecule has 0 aromatic carbocycles. The molecule has 0 aliphatic rings. The molecule has 106 valence electrons. The fourth-order valence-corrected chi connectivity index (χ4v) is 1.87. The number of aromatic nitrogens is 1. The van der Waals surface area contributed by atoms with Crippen LogP contribution in [0.5, 0.6) is 0 Å². The van der Waals surface area contributed by atoms with Gasteiger partial charge in [0, 0.05) is 29.5 Å². The summed E-state index contributed by atoms with van der Waals surface area (Å²) >= 11 is 3.41. The van der Waals surface area contributed by atoms with E-state index in [9.17, 15) is 4.79 Å². The minimum atomic E-state index is -0.498. The normalized spacial score (nSPS) is 12.9. The van der Waals surface area contributed by atoms with Crippen molar-refractivity contribution in [2.24, 2.45) is 5.73 Å². The highest BCUT2D eigenvalue weighted by atomic mass is 79.9. The molecule has 0 saturated heterocycles. The van der Waals surface area contributed by atoms with Crippen LogP contribution in [0.2, 0.25) is 0 Å². The summed E-state index contributed by atoms with van der Waals surface area (Å²) in [5.41, 5.74) is 6.54. The molecule has 3 N–H and O–H groups in total. The molecule has 1 aromatic rings. The topological polar surface area (TPSA) is 77.2 Å². The van der Waals surface area contributed by atoms with Crippen molar-refractivity contribution < 1.29 is 9.53 Å². The zero-order chi connectivity index (χ0) is 14.5. The van der Waals surface area contributed by atoms with Crippen LogP contribution < -0.4 is 11.1 Å². The highest BCUT2D eigenvalue weighted by Crippen LogP contribution is 2.15. The summed E-state index contributed by atoms with van der Waals surface area (Å²) in [5, 5.41) is 2.66. The average molecular weight is 330 g/mol. The summed E-state index contributed by atoms with van der Waals surface area (Å²) < 4.78 is 6.06. The number of carbonyl (C=O) groups is 1. The summed E-state index contributed by atoms with van der Waals surface area (Å²) in [4.78, 5) is 15.5. The quantitative estimate of drug-likeness (QED) is 0.888. The van der Waals surface area contributed by atoms with Crippen LogP contribution in [-0.2, 0) is 11.2 Å². The highest BCUT2D eigenvalue weighted by Gasteiger charge is 2.16. The molecule has 0 aliphatic carbocycles. The fraction of sp³-hybridized carbons (Fsp3) is 0.538. The van der Waals surface area contributed by atoms with Crippen molar-refractivity contribution >= 4 is 22.0 Å². The number of nitrogens with two attached hydrogens (primary N) is 1. The minimum absolute atomic E-state index is 0.175. The number of halogens is 1. The van der Waals surface area contributed by atoms with E-state index in [0.717, 1.165) is 10.0 Å². The van der Waals surface area contributed by atoms with Crippen LogP contribution in [-0.4, -0.2) is 29.3 Å². The van der Waals surface area contributed by atoms with Gasteiger partial charge in [-0.05, 0) is 54.8 Å². The Hall–Kier alpha value is -1.14. The van der Waals surface area contributed by atoms with Crippen LogP contribution in [0.4, 0.5) is 4.79 Å². The maximum Gasteiger partial charge on any atom is 0.407 e. The molecule has 0 fully saturated rings. The molecule has 0 spiro atoms. The van der Waals surface area contributed by atoms with Gasteiger partial charge in [0.2, 0.25) is 0 Å². The van der Waals surface area contributed by atoms with E-state index >= 15 is 0 Å². The molecular formula is C13H20BrN3O2. The lowest BCUT2D eigenvalue weighted by molar-refractivity contribution is 0.0524. The van der Waals surface area contributed by atoms with Crippen LogP contribution in [0, 0.1) is 0 Å². The predicted octanol–water partition coefficient (Wildman–Crippen LogP) is 2.24. The van der Waals surface area contributed by atoms with Gasteiger partial charge in [0.1, 0.15) is 5.60 Å². The number of carbonyl (C=O) groups excluding carboxylic acids is 1. The maximum absolute atomic E-state index is 11.5. The van der Waals surface area contributed by atoms with Crippen LogP contribution in [0.25, 0.3) is 0 Å². The third kappa shape index (κ3) is 6.54. The van der Waals surface area contributed by atoms with Crippen LogP contribution in [0.15, 0.2) is 22.9 Å². The molecule has 0 bridgehead atoms. The molecule has 5 nitrogen and oxygen atoms in total. The standard InChI is InChI=1S/C13H20BrN3O2/c1-13(2,3)19-12(18)17-7-10(15)6-9-4-5-16-8-11(9)14/h4-5,8,10H,6-7,15H2,1-3H3,(H,17,18). The average Bonchev–Trinajstić information content (AvgIpc) is 2.27. The molecule has 1 unspecified atom stereocenters. The van der Waals surface area contributed by atoms with E-state index in [4.69, 9.17) is 10.5 Å². The van der Waals surface area contributed by atoms with E-state index in [-0.39, 0.29) is 6.04 Å². The first-order valence-electron chi connectivity index (χ1n) is 6.09. The highest BCUT2D eigenvalue weighted by molar-refractivity contribution is 9.10. The molecule has 0 aliphatic heterocycles. The number of pyridine rings is 1. The number of alkyl carbamates (subject to hydrolysis) is 1. The van der Waals surface area contributed by atoms with E-state index in [1.165, 1.54) is 0 Å². The summed E-state index contributed by atoms with van der Waals surface area (Å²) in [7, 11) is 0. The lowest BCUT2D eigenvalue weighted by Gasteiger charge is -2.21. The Labute approximate surface area is 122 Å². The second kappa shape index (κ2) is 6.86. The third-order valence-electron chi connectivity index (χ3n) is 2.25. The van der Waals surface area contributed by atoms with Crippen LogP contribution in [0.3, 0.4) is 0 Å². The number of amides is 1. The Bertz CT molecular complexity index is 432. The summed E-state index contributed by atoms with van der Waals surface area (Å²) in [5.74, 6) is 0. The van der Waals surface area contributed by atoms with Gasteiger partial charge in [0.25, 0.3) is 0 Å². The molecule has 19 heavy (non-hydrogen) atoms. The van der Waals surface area contributed by atoms with E-state index in [1.807, 2.05) is 26.8 Å². The van der Waals surface area contributed by atoms with Gasteiger partial charge < -0.3 is 15.8 Å². The smallest absolute Gasteiger partial charge is 0.407 e. The van der Waals surface area contributed by atoms with Gasteiger partial charge in [-0.3, -0.25) is 4.98 Å². The first-order valence-corrected chi connectivity index (χ1v) is 6.88. The SMILES string of the molecule is CC(C)(C)OC(=O)NCC(N)Cc1ccncc1Br. The number of hydrogen-bond donors (Lipinski definition) is 2. The summed E-state index contributed by atoms with van der Waals surface area (Å²) in [6.45, 7) is 5.82. The first-order chi connectivity index (χ1) is 8.78. The van der Waals surface area contributed by atoms with Gasteiger partial charge in [-0.15, -0.1) is 0 Å². The molecule has 1 amide bonds. The Morgan fingerprint density at radius 2 is 2.26 bits per heavy atom. The molecule has 0 saturated carbocycles. The predicted molar refractivity (Wildman–Crippen MR) is 77.9 cm³/mol. The molecule has 1 atom stereocenters. The van der Waals surface area contributed by atoms with Gasteiger partial charge in [-0.1, -0.05) is 0 Å². The van der Waals surface area contributed by atoms with Gasteiger partial charge in [-0.25, -0.2) is 4.79 Å². The van der Waals surface area contributed by atoms with E-state index in [0.29, 0.717) is 13.0 Å². The van der Waals surface area contributed by atoms with Crippen molar-refractivity contribution in [3.63, 3.8) is 0 Å². The zero-order valence-corrected chi connectivity index (χ0v) is 13.0. The van der Waals surface area contributed by atoms with Gasteiger partial charge in [-0.2, -0.15) is 0 Å². The van der Waals surface area contributed by atoms with Gasteiger partial charge >= 0.3 is 6.09 Å². The number of rotatable bonds is 4. The Kier molecular flexibility index (Phi) is 5.75. The van der Waals surface area contributed by atoms with Crippen molar-refractivity contribution in [1.29, 1.82) is 0 Å². The lowest BCUT2D eigenvalue weighted by Crippen LogP contribution is -2.41. The minimum Gasteiger partial charge on any atom is -0.444 e. The monoisotopic (exact) mass is 329 g/mol. The number of ether oxygens (including phenoxy) is 1. The molecule has 6 heteroatoms. The fourth-order valence-electron chi connectivity index (χ4n) is 1.45. The molecule has 0 radical (unpaired) electrons. The van der Waals surface area contributed by atoms with Crippen molar-refractivity contribution in [3.05, 3.63) is 28.5 Å². The van der Waals surface area contributed by atoms with E-state index < -0.39 is 11.7 Å². The Balaban J connectivity index is 2.38. The van der Waals surface area contributed by atoms with Gasteiger partial charge in [0.05, 0.1) is 0 Å².